The summed E-state index contributed by atoms with van der Waals surface area (Å²) in [5, 5.41) is 0.771. The molecule has 0 saturated carbocycles. The maximum absolute atomic E-state index is 6.07. The summed E-state index contributed by atoms with van der Waals surface area (Å²) < 4.78 is 0. The molecular weight excluding hydrogens is 264 g/mol. The van der Waals surface area contributed by atoms with Crippen molar-refractivity contribution in [2.24, 2.45) is 5.73 Å². The number of hydrogen-bond donors (Lipinski definition) is 1. The van der Waals surface area contributed by atoms with E-state index in [1.807, 2.05) is 0 Å². The number of hydrogen-bond acceptors (Lipinski definition) is 3. The Labute approximate surface area is 128 Å². The maximum Gasteiger partial charge on any atom is 0.0471 e. The summed E-state index contributed by atoms with van der Waals surface area (Å²) in [5.74, 6) is 1.83. The Morgan fingerprint density at radius 1 is 1.25 bits per heavy atom. The zero-order valence-corrected chi connectivity index (χ0v) is 13.8. The summed E-state index contributed by atoms with van der Waals surface area (Å²) in [7, 11) is 0. The molecule has 1 aromatic carbocycles. The zero-order chi connectivity index (χ0) is 14.5. The van der Waals surface area contributed by atoms with Crippen LogP contribution in [-0.2, 0) is 0 Å². The van der Waals surface area contributed by atoms with Gasteiger partial charge in [-0.3, -0.25) is 4.90 Å². The van der Waals surface area contributed by atoms with Crippen molar-refractivity contribution in [1.29, 1.82) is 0 Å². The Kier molecular flexibility index (Phi) is 5.94. The highest BCUT2D eigenvalue weighted by molar-refractivity contribution is 8.00. The molecule has 1 saturated heterocycles. The summed E-state index contributed by atoms with van der Waals surface area (Å²) >= 11 is 2.11. The lowest BCUT2D eigenvalue weighted by Crippen LogP contribution is -2.42. The number of nitrogens with zero attached hydrogens (tertiary/aromatic N) is 1. The highest BCUT2D eigenvalue weighted by Gasteiger charge is 2.25. The number of thioether (sulfide) groups is 1. The van der Waals surface area contributed by atoms with Crippen molar-refractivity contribution in [2.45, 2.75) is 44.4 Å². The minimum atomic E-state index is 0.381. The number of benzene rings is 1. The van der Waals surface area contributed by atoms with Crippen LogP contribution in [0.1, 0.15) is 50.3 Å². The minimum Gasteiger partial charge on any atom is -0.329 e. The van der Waals surface area contributed by atoms with E-state index < -0.39 is 0 Å². The van der Waals surface area contributed by atoms with Gasteiger partial charge in [-0.25, -0.2) is 0 Å². The summed E-state index contributed by atoms with van der Waals surface area (Å²) in [5.41, 5.74) is 8.85. The van der Waals surface area contributed by atoms with Crippen LogP contribution < -0.4 is 5.73 Å². The summed E-state index contributed by atoms with van der Waals surface area (Å²) in [4.78, 5) is 2.58. The molecule has 1 heterocycles. The molecule has 0 bridgehead atoms. The smallest absolute Gasteiger partial charge is 0.0471 e. The van der Waals surface area contributed by atoms with E-state index in [2.05, 4.69) is 61.7 Å². The monoisotopic (exact) mass is 292 g/mol. The second-order valence-corrected chi connectivity index (χ2v) is 7.38. The summed E-state index contributed by atoms with van der Waals surface area (Å²) in [6.45, 7) is 9.81. The molecule has 2 N–H and O–H groups in total. The van der Waals surface area contributed by atoms with E-state index in [9.17, 15) is 0 Å². The van der Waals surface area contributed by atoms with Crippen LogP contribution in [0.25, 0.3) is 0 Å². The van der Waals surface area contributed by atoms with E-state index in [4.69, 9.17) is 5.73 Å². The van der Waals surface area contributed by atoms with Gasteiger partial charge in [-0.05, 0) is 23.5 Å². The third-order valence-electron chi connectivity index (χ3n) is 4.28. The lowest BCUT2D eigenvalue weighted by atomic mass is 9.98. The Hall–Kier alpha value is -0.510. The quantitative estimate of drug-likeness (QED) is 0.898. The maximum atomic E-state index is 6.07. The van der Waals surface area contributed by atoms with Crippen LogP contribution in [-0.4, -0.2) is 35.5 Å². The van der Waals surface area contributed by atoms with Crippen LogP contribution in [0.5, 0.6) is 0 Å². The molecule has 0 aromatic heterocycles. The van der Waals surface area contributed by atoms with Crippen molar-refractivity contribution in [3.8, 4) is 0 Å². The minimum absolute atomic E-state index is 0.381. The first-order valence-electron chi connectivity index (χ1n) is 7.81. The summed E-state index contributed by atoms with van der Waals surface area (Å²) in [6.07, 6.45) is 1.25. The Balaban J connectivity index is 2.10. The van der Waals surface area contributed by atoms with E-state index in [-0.39, 0.29) is 0 Å². The van der Waals surface area contributed by atoms with E-state index >= 15 is 0 Å². The van der Waals surface area contributed by atoms with Crippen LogP contribution in [0.2, 0.25) is 0 Å². The third kappa shape index (κ3) is 3.78. The molecule has 0 aliphatic carbocycles. The van der Waals surface area contributed by atoms with E-state index in [0.717, 1.165) is 11.8 Å². The lowest BCUT2D eigenvalue weighted by molar-refractivity contribution is 0.207. The average molecular weight is 292 g/mol. The highest BCUT2D eigenvalue weighted by atomic mass is 32.2. The van der Waals surface area contributed by atoms with Gasteiger partial charge in [-0.1, -0.05) is 45.0 Å². The molecule has 1 aliphatic heterocycles. The van der Waals surface area contributed by atoms with Gasteiger partial charge in [-0.15, -0.1) is 0 Å². The molecule has 20 heavy (non-hydrogen) atoms. The Morgan fingerprint density at radius 3 is 2.45 bits per heavy atom. The van der Waals surface area contributed by atoms with Gasteiger partial charge in [0, 0.05) is 36.7 Å². The van der Waals surface area contributed by atoms with Gasteiger partial charge in [-0.2, -0.15) is 11.8 Å². The fourth-order valence-corrected chi connectivity index (χ4v) is 4.08. The van der Waals surface area contributed by atoms with Gasteiger partial charge < -0.3 is 5.73 Å². The first-order chi connectivity index (χ1) is 9.65. The molecule has 0 amide bonds. The molecule has 112 valence electrons. The zero-order valence-electron chi connectivity index (χ0n) is 13.0. The van der Waals surface area contributed by atoms with Crippen LogP contribution in [0.3, 0.4) is 0 Å². The third-order valence-corrected chi connectivity index (χ3v) is 5.65. The van der Waals surface area contributed by atoms with Crippen molar-refractivity contribution in [3.63, 3.8) is 0 Å². The fraction of sp³-hybridized carbons (Fsp3) is 0.647. The van der Waals surface area contributed by atoms with Gasteiger partial charge in [0.25, 0.3) is 0 Å². The molecule has 3 heteroatoms. The van der Waals surface area contributed by atoms with Crippen molar-refractivity contribution in [3.05, 3.63) is 35.4 Å². The fourth-order valence-electron chi connectivity index (χ4n) is 2.87. The van der Waals surface area contributed by atoms with Crippen molar-refractivity contribution < 1.29 is 0 Å². The first kappa shape index (κ1) is 15.9. The Bertz CT molecular complexity index is 402. The molecule has 1 fully saturated rings. The van der Waals surface area contributed by atoms with Crippen LogP contribution in [0.15, 0.2) is 24.3 Å². The van der Waals surface area contributed by atoms with Crippen LogP contribution in [0, 0.1) is 0 Å². The van der Waals surface area contributed by atoms with Gasteiger partial charge in [0.2, 0.25) is 0 Å². The largest absolute Gasteiger partial charge is 0.329 e. The standard InChI is InChI=1S/C17H28N2S/c1-4-16-12-19(9-10-20-16)17(11-18)15-7-5-14(6-8-15)13(2)3/h5-8,13,16-17H,4,9-12,18H2,1-3H3. The van der Waals surface area contributed by atoms with Crippen molar-refractivity contribution in [1.82, 2.24) is 4.90 Å². The molecule has 1 aromatic rings. The van der Waals surface area contributed by atoms with Crippen LogP contribution >= 0.6 is 11.8 Å². The van der Waals surface area contributed by atoms with Gasteiger partial charge in [0.1, 0.15) is 0 Å². The van der Waals surface area contributed by atoms with Crippen molar-refractivity contribution in [2.75, 3.05) is 25.4 Å². The Morgan fingerprint density at radius 2 is 1.90 bits per heavy atom. The molecule has 2 rings (SSSR count). The molecule has 0 spiro atoms. The predicted molar refractivity (Wildman–Crippen MR) is 90.4 cm³/mol. The highest BCUT2D eigenvalue weighted by Crippen LogP contribution is 2.29. The predicted octanol–water partition coefficient (Wildman–Crippen LogP) is 3.64. The lowest BCUT2D eigenvalue weighted by Gasteiger charge is -2.37. The van der Waals surface area contributed by atoms with Crippen LogP contribution in [0.4, 0.5) is 0 Å². The molecular formula is C17H28N2S. The normalized spacial score (nSPS) is 22.1. The summed E-state index contributed by atoms with van der Waals surface area (Å²) in [6, 6.07) is 9.45. The topological polar surface area (TPSA) is 29.3 Å². The molecule has 1 aliphatic rings. The van der Waals surface area contributed by atoms with Crippen molar-refractivity contribution >= 4 is 11.8 Å². The average Bonchev–Trinajstić information content (AvgIpc) is 2.49. The van der Waals surface area contributed by atoms with Gasteiger partial charge in [0.05, 0.1) is 0 Å². The van der Waals surface area contributed by atoms with E-state index in [1.165, 1.54) is 29.8 Å². The molecule has 2 nitrogen and oxygen atoms in total. The number of rotatable bonds is 5. The van der Waals surface area contributed by atoms with Gasteiger partial charge in [0.15, 0.2) is 0 Å². The molecule has 2 unspecified atom stereocenters. The molecule has 2 atom stereocenters. The second-order valence-electron chi connectivity index (χ2n) is 5.97. The second kappa shape index (κ2) is 7.48. The first-order valence-corrected chi connectivity index (χ1v) is 8.86. The SMILES string of the molecule is CCC1CN(C(CN)c2ccc(C(C)C)cc2)CCS1. The van der Waals surface area contributed by atoms with Gasteiger partial charge >= 0.3 is 0 Å². The van der Waals surface area contributed by atoms with E-state index in [1.54, 1.807) is 0 Å². The van der Waals surface area contributed by atoms with E-state index in [0.29, 0.717) is 18.5 Å². The number of nitrogens with two attached hydrogens (primary N) is 1. The molecule has 0 radical (unpaired) electrons.